The Morgan fingerprint density at radius 2 is 2.19 bits per heavy atom. The van der Waals surface area contributed by atoms with Gasteiger partial charge in [-0.3, -0.25) is 4.79 Å². The predicted octanol–water partition coefficient (Wildman–Crippen LogP) is 3.59. The van der Waals surface area contributed by atoms with E-state index in [-0.39, 0.29) is 17.7 Å². The second kappa shape index (κ2) is 8.52. The van der Waals surface area contributed by atoms with Gasteiger partial charge in [-0.25, -0.2) is 0 Å². The van der Waals surface area contributed by atoms with Gasteiger partial charge in [-0.2, -0.15) is 0 Å². The third-order valence-electron chi connectivity index (χ3n) is 3.40. The quantitative estimate of drug-likeness (QED) is 0.311. The van der Waals surface area contributed by atoms with Crippen molar-refractivity contribution in [2.45, 2.75) is 39.5 Å². The first-order valence-electron chi connectivity index (χ1n) is 7.11. The molecule has 0 spiro atoms. The molecule has 1 atom stereocenters. The first kappa shape index (κ1) is 17.3. The molecule has 0 heterocycles. The molecule has 0 aliphatic carbocycles. The van der Waals surface area contributed by atoms with E-state index in [1.165, 1.54) is 0 Å². The van der Waals surface area contributed by atoms with Crippen LogP contribution < -0.4 is 11.1 Å². The average Bonchev–Trinajstić information content (AvgIpc) is 2.49. The van der Waals surface area contributed by atoms with Crippen molar-refractivity contribution < 1.29 is 10.0 Å². The number of amidine groups is 1. The Kier molecular flexibility index (Phi) is 7.02. The van der Waals surface area contributed by atoms with Gasteiger partial charge >= 0.3 is 0 Å². The summed E-state index contributed by atoms with van der Waals surface area (Å²) in [6.45, 7) is 4.09. The third kappa shape index (κ3) is 4.93. The van der Waals surface area contributed by atoms with E-state index in [4.69, 9.17) is 22.5 Å². The standard InChI is InChI=1S/C15H22ClN3O2/c1-3-5-6-10(4-2)15(20)18-13-9-11(14(17)19-21)7-8-12(13)16/h7-10,21H,3-6H2,1-2H3,(H2,17,19)(H,18,20). The Bertz CT molecular complexity index is 518. The number of nitrogens with one attached hydrogen (secondary N) is 1. The van der Waals surface area contributed by atoms with Crippen molar-refractivity contribution in [1.82, 2.24) is 0 Å². The smallest absolute Gasteiger partial charge is 0.227 e. The number of halogens is 1. The van der Waals surface area contributed by atoms with Gasteiger partial charge in [0.2, 0.25) is 5.91 Å². The Labute approximate surface area is 130 Å². The zero-order valence-corrected chi connectivity index (χ0v) is 13.2. The Morgan fingerprint density at radius 1 is 1.48 bits per heavy atom. The summed E-state index contributed by atoms with van der Waals surface area (Å²) in [7, 11) is 0. The number of rotatable bonds is 7. The second-order valence-corrected chi connectivity index (χ2v) is 5.32. The van der Waals surface area contributed by atoms with Crippen LogP contribution in [0, 0.1) is 5.92 Å². The molecule has 5 nitrogen and oxygen atoms in total. The van der Waals surface area contributed by atoms with Crippen LogP contribution in [-0.4, -0.2) is 17.0 Å². The SMILES string of the molecule is CCCCC(CC)C(=O)Nc1cc(/C(N)=N/O)ccc1Cl. The van der Waals surface area contributed by atoms with E-state index in [0.717, 1.165) is 25.7 Å². The van der Waals surface area contributed by atoms with Crippen LogP contribution >= 0.6 is 11.6 Å². The molecule has 0 aliphatic heterocycles. The molecular formula is C15H22ClN3O2. The monoisotopic (exact) mass is 311 g/mol. The van der Waals surface area contributed by atoms with Crippen molar-refractivity contribution >= 4 is 29.0 Å². The van der Waals surface area contributed by atoms with Crippen molar-refractivity contribution in [3.8, 4) is 0 Å². The van der Waals surface area contributed by atoms with E-state index < -0.39 is 0 Å². The summed E-state index contributed by atoms with van der Waals surface area (Å²) in [6, 6.07) is 4.83. The molecule has 0 fully saturated rings. The van der Waals surface area contributed by atoms with E-state index >= 15 is 0 Å². The fourth-order valence-corrected chi connectivity index (χ4v) is 2.21. The van der Waals surface area contributed by atoms with Gasteiger partial charge < -0.3 is 16.3 Å². The first-order valence-corrected chi connectivity index (χ1v) is 7.49. The second-order valence-electron chi connectivity index (χ2n) is 4.92. The van der Waals surface area contributed by atoms with Crippen LogP contribution in [0.4, 0.5) is 5.69 Å². The lowest BCUT2D eigenvalue weighted by atomic mass is 9.98. The maximum Gasteiger partial charge on any atom is 0.227 e. The number of oxime groups is 1. The topological polar surface area (TPSA) is 87.7 Å². The minimum Gasteiger partial charge on any atom is -0.409 e. The summed E-state index contributed by atoms with van der Waals surface area (Å²) in [6.07, 6.45) is 3.72. The van der Waals surface area contributed by atoms with E-state index in [0.29, 0.717) is 16.3 Å². The number of nitrogens with zero attached hydrogens (tertiary/aromatic N) is 1. The molecule has 0 bridgehead atoms. The Morgan fingerprint density at radius 3 is 2.76 bits per heavy atom. The van der Waals surface area contributed by atoms with E-state index in [1.807, 2.05) is 6.92 Å². The van der Waals surface area contributed by atoms with Crippen LogP contribution in [0.25, 0.3) is 0 Å². The minimum atomic E-state index is -0.0514. The van der Waals surface area contributed by atoms with E-state index in [9.17, 15) is 4.79 Å². The van der Waals surface area contributed by atoms with Crippen molar-refractivity contribution in [1.29, 1.82) is 0 Å². The van der Waals surface area contributed by atoms with Gasteiger partial charge in [0.05, 0.1) is 10.7 Å². The molecule has 1 aromatic rings. The molecule has 1 rings (SSSR count). The van der Waals surface area contributed by atoms with Crippen molar-refractivity contribution in [3.05, 3.63) is 28.8 Å². The maximum absolute atomic E-state index is 12.3. The highest BCUT2D eigenvalue weighted by Gasteiger charge is 2.17. The van der Waals surface area contributed by atoms with Crippen LogP contribution in [-0.2, 0) is 4.79 Å². The number of nitrogens with two attached hydrogens (primary N) is 1. The molecule has 0 aromatic heterocycles. The largest absolute Gasteiger partial charge is 0.409 e. The molecule has 0 saturated heterocycles. The van der Waals surface area contributed by atoms with Crippen LogP contribution in [0.3, 0.4) is 0 Å². The Hall–Kier alpha value is -1.75. The first-order chi connectivity index (χ1) is 10.0. The number of hydrogen-bond acceptors (Lipinski definition) is 3. The van der Waals surface area contributed by atoms with Gasteiger partial charge in [-0.15, -0.1) is 0 Å². The average molecular weight is 312 g/mol. The predicted molar refractivity (Wildman–Crippen MR) is 85.9 cm³/mol. The summed E-state index contributed by atoms with van der Waals surface area (Å²) >= 11 is 6.08. The molecule has 6 heteroatoms. The number of anilines is 1. The molecule has 1 amide bonds. The highest BCUT2D eigenvalue weighted by molar-refractivity contribution is 6.34. The van der Waals surface area contributed by atoms with E-state index in [1.54, 1.807) is 18.2 Å². The van der Waals surface area contributed by atoms with Gasteiger partial charge in [-0.05, 0) is 31.0 Å². The molecule has 21 heavy (non-hydrogen) atoms. The number of carbonyl (C=O) groups is 1. The van der Waals surface area contributed by atoms with Crippen LogP contribution in [0.15, 0.2) is 23.4 Å². The van der Waals surface area contributed by atoms with Crippen molar-refractivity contribution in [2.75, 3.05) is 5.32 Å². The summed E-state index contributed by atoms with van der Waals surface area (Å²) < 4.78 is 0. The third-order valence-corrected chi connectivity index (χ3v) is 3.73. The lowest BCUT2D eigenvalue weighted by Crippen LogP contribution is -2.23. The molecule has 1 unspecified atom stereocenters. The number of amides is 1. The summed E-state index contributed by atoms with van der Waals surface area (Å²) in [5.41, 5.74) is 6.51. The summed E-state index contributed by atoms with van der Waals surface area (Å²) in [5, 5.41) is 14.9. The number of hydrogen-bond donors (Lipinski definition) is 3. The van der Waals surface area contributed by atoms with E-state index in [2.05, 4.69) is 17.4 Å². The van der Waals surface area contributed by atoms with Gasteiger partial charge in [0.15, 0.2) is 5.84 Å². The maximum atomic E-state index is 12.3. The zero-order valence-electron chi connectivity index (χ0n) is 12.4. The molecule has 0 aliphatic rings. The lowest BCUT2D eigenvalue weighted by Gasteiger charge is -2.16. The fourth-order valence-electron chi connectivity index (χ4n) is 2.04. The van der Waals surface area contributed by atoms with Crippen molar-refractivity contribution in [2.24, 2.45) is 16.8 Å². The fraction of sp³-hybridized carbons (Fsp3) is 0.467. The summed E-state index contributed by atoms with van der Waals surface area (Å²) in [5.74, 6) is -0.113. The molecular weight excluding hydrogens is 290 g/mol. The Balaban J connectivity index is 2.88. The van der Waals surface area contributed by atoms with Gasteiger partial charge in [0.25, 0.3) is 0 Å². The highest BCUT2D eigenvalue weighted by Crippen LogP contribution is 2.25. The van der Waals surface area contributed by atoms with Crippen LogP contribution in [0.1, 0.15) is 45.1 Å². The zero-order chi connectivity index (χ0) is 15.8. The number of carbonyl (C=O) groups excluding carboxylic acids is 1. The molecule has 116 valence electrons. The molecule has 4 N–H and O–H groups in total. The number of unbranched alkanes of at least 4 members (excludes halogenated alkanes) is 1. The normalized spacial score (nSPS) is 13.0. The van der Waals surface area contributed by atoms with Gasteiger partial charge in [0, 0.05) is 11.5 Å². The molecule has 0 radical (unpaired) electrons. The lowest BCUT2D eigenvalue weighted by molar-refractivity contribution is -0.120. The summed E-state index contributed by atoms with van der Waals surface area (Å²) in [4.78, 5) is 12.3. The number of benzene rings is 1. The highest BCUT2D eigenvalue weighted by atomic mass is 35.5. The van der Waals surface area contributed by atoms with Gasteiger partial charge in [0.1, 0.15) is 0 Å². The van der Waals surface area contributed by atoms with Crippen molar-refractivity contribution in [3.63, 3.8) is 0 Å². The molecule has 1 aromatic carbocycles. The van der Waals surface area contributed by atoms with Gasteiger partial charge in [-0.1, -0.05) is 43.4 Å². The minimum absolute atomic E-state index is 0.0276. The van der Waals surface area contributed by atoms with Crippen LogP contribution in [0.5, 0.6) is 0 Å². The molecule has 0 saturated carbocycles. The van der Waals surface area contributed by atoms with Crippen LogP contribution in [0.2, 0.25) is 5.02 Å².